The van der Waals surface area contributed by atoms with Gasteiger partial charge < -0.3 is 4.84 Å². The highest BCUT2D eigenvalue weighted by molar-refractivity contribution is 7.98. The monoisotopic (exact) mass is 375 g/mol. The second-order valence-electron chi connectivity index (χ2n) is 6.63. The normalized spacial score (nSPS) is 17.2. The number of benzene rings is 1. The molecule has 0 atom stereocenters. The van der Waals surface area contributed by atoms with E-state index in [4.69, 9.17) is 16.4 Å². The van der Waals surface area contributed by atoms with Crippen molar-refractivity contribution in [2.45, 2.75) is 31.8 Å². The summed E-state index contributed by atoms with van der Waals surface area (Å²) in [7, 11) is 0. The van der Waals surface area contributed by atoms with Crippen LogP contribution in [-0.2, 0) is 11.3 Å². The second kappa shape index (κ2) is 7.14. The molecule has 1 aromatic carbocycles. The molecule has 0 N–H and O–H groups in total. The van der Waals surface area contributed by atoms with Gasteiger partial charge in [-0.25, -0.2) is 14.8 Å². The summed E-state index contributed by atoms with van der Waals surface area (Å²) in [5, 5.41) is 5.18. The van der Waals surface area contributed by atoms with E-state index in [0.717, 1.165) is 22.8 Å². The van der Waals surface area contributed by atoms with Crippen LogP contribution in [-0.4, -0.2) is 27.9 Å². The summed E-state index contributed by atoms with van der Waals surface area (Å²) in [6.07, 6.45) is 5.20. The zero-order valence-electron chi connectivity index (χ0n) is 14.2. The number of thioether (sulfide) groups is 1. The highest BCUT2D eigenvalue weighted by Crippen LogP contribution is 2.34. The van der Waals surface area contributed by atoms with E-state index >= 15 is 0 Å². The van der Waals surface area contributed by atoms with E-state index in [-0.39, 0.29) is 11.0 Å². The van der Waals surface area contributed by atoms with Crippen molar-refractivity contribution in [1.29, 1.82) is 0 Å². The maximum absolute atomic E-state index is 12.2. The van der Waals surface area contributed by atoms with Gasteiger partial charge in [0.05, 0.1) is 22.0 Å². The van der Waals surface area contributed by atoms with E-state index in [1.54, 1.807) is 30.5 Å². The Balaban J connectivity index is 1.90. The number of carbonyl (C=O) groups is 1. The number of aromatic nitrogens is 2. The zero-order valence-corrected chi connectivity index (χ0v) is 15.8. The second-order valence-corrected chi connectivity index (χ2v) is 7.81. The molecule has 0 aliphatic heterocycles. The van der Waals surface area contributed by atoms with Crippen LogP contribution in [0.3, 0.4) is 0 Å². The third-order valence-electron chi connectivity index (χ3n) is 3.96. The molecule has 0 saturated heterocycles. The van der Waals surface area contributed by atoms with E-state index in [1.807, 2.05) is 6.26 Å². The summed E-state index contributed by atoms with van der Waals surface area (Å²) in [6.45, 7) is 4.28. The first-order chi connectivity index (χ1) is 11.9. The average molecular weight is 376 g/mol. The lowest BCUT2D eigenvalue weighted by molar-refractivity contribution is 0.0514. The third kappa shape index (κ3) is 4.02. The molecule has 0 amide bonds. The van der Waals surface area contributed by atoms with Gasteiger partial charge in [0.15, 0.2) is 5.16 Å². The molecule has 0 bridgehead atoms. The molecule has 0 spiro atoms. The quantitative estimate of drug-likeness (QED) is 0.344. The van der Waals surface area contributed by atoms with Crippen LogP contribution in [0.5, 0.6) is 0 Å². The van der Waals surface area contributed by atoms with Crippen molar-refractivity contribution in [3.63, 3.8) is 0 Å². The first kappa shape index (κ1) is 17.9. The van der Waals surface area contributed by atoms with E-state index in [1.165, 1.54) is 11.8 Å². The van der Waals surface area contributed by atoms with Crippen molar-refractivity contribution in [3.05, 3.63) is 52.3 Å². The summed E-state index contributed by atoms with van der Waals surface area (Å²) >= 11 is 7.53. The number of hydrogen-bond acceptors (Lipinski definition) is 6. The van der Waals surface area contributed by atoms with E-state index in [9.17, 15) is 4.79 Å². The molecular formula is C18H18ClN3O2S. The Morgan fingerprint density at radius 1 is 1.32 bits per heavy atom. The molecule has 5 nitrogen and oxygen atoms in total. The molecule has 0 radical (unpaired) electrons. The number of carbonyl (C=O) groups excluding carboxylic acids is 1. The van der Waals surface area contributed by atoms with Gasteiger partial charge in [0.1, 0.15) is 0 Å². The molecule has 25 heavy (non-hydrogen) atoms. The smallest absolute Gasteiger partial charge is 0.312 e. The minimum Gasteiger partial charge on any atom is -0.312 e. The Morgan fingerprint density at radius 3 is 2.80 bits per heavy atom. The fourth-order valence-electron chi connectivity index (χ4n) is 2.79. The van der Waals surface area contributed by atoms with E-state index in [2.05, 4.69) is 29.0 Å². The molecular weight excluding hydrogens is 358 g/mol. The van der Waals surface area contributed by atoms with Crippen LogP contribution >= 0.6 is 23.4 Å². The Labute approximate surface area is 155 Å². The van der Waals surface area contributed by atoms with E-state index in [0.29, 0.717) is 17.2 Å². The SMILES string of the molecule is CSc1ncc2c(n1)CC(C)(C)C/C2=N\OC(=O)c1ccccc1Cl. The number of oxime groups is 1. The van der Waals surface area contributed by atoms with Crippen molar-refractivity contribution in [1.82, 2.24) is 9.97 Å². The fraction of sp³-hybridized carbons (Fsp3) is 0.333. The van der Waals surface area contributed by atoms with Gasteiger partial charge in [-0.15, -0.1) is 0 Å². The van der Waals surface area contributed by atoms with Crippen molar-refractivity contribution in [3.8, 4) is 0 Å². The average Bonchev–Trinajstić information content (AvgIpc) is 2.58. The predicted octanol–water partition coefficient (Wildman–Crippen LogP) is 4.39. The molecule has 2 aromatic rings. The zero-order chi connectivity index (χ0) is 18.0. The Kier molecular flexibility index (Phi) is 5.11. The first-order valence-electron chi connectivity index (χ1n) is 7.83. The van der Waals surface area contributed by atoms with Gasteiger partial charge in [-0.3, -0.25) is 0 Å². The van der Waals surface area contributed by atoms with Crippen LogP contribution in [0.25, 0.3) is 0 Å². The summed E-state index contributed by atoms with van der Waals surface area (Å²) in [4.78, 5) is 26.3. The molecule has 1 aliphatic rings. The van der Waals surface area contributed by atoms with Crippen LogP contribution in [0.4, 0.5) is 0 Å². The largest absolute Gasteiger partial charge is 0.367 e. The number of nitrogens with zero attached hydrogens (tertiary/aromatic N) is 3. The topological polar surface area (TPSA) is 64.4 Å². The van der Waals surface area contributed by atoms with Gasteiger partial charge in [-0.1, -0.05) is 54.5 Å². The van der Waals surface area contributed by atoms with E-state index < -0.39 is 5.97 Å². The summed E-state index contributed by atoms with van der Waals surface area (Å²) in [6, 6.07) is 6.73. The molecule has 0 unspecified atom stereocenters. The molecule has 1 aliphatic carbocycles. The first-order valence-corrected chi connectivity index (χ1v) is 9.43. The number of hydrogen-bond donors (Lipinski definition) is 0. The molecule has 1 heterocycles. The van der Waals surface area contributed by atoms with Gasteiger partial charge in [-0.05, 0) is 36.6 Å². The van der Waals surface area contributed by atoms with Gasteiger partial charge in [-0.2, -0.15) is 0 Å². The van der Waals surface area contributed by atoms with Crippen LogP contribution in [0.2, 0.25) is 5.02 Å². The van der Waals surface area contributed by atoms with Crippen molar-refractivity contribution < 1.29 is 9.63 Å². The molecule has 130 valence electrons. The van der Waals surface area contributed by atoms with Crippen molar-refractivity contribution in [2.75, 3.05) is 6.26 Å². The van der Waals surface area contributed by atoms with Crippen LogP contribution in [0.1, 0.15) is 41.9 Å². The standard InChI is InChI=1S/C18H18ClN3O2S/c1-18(2)8-14-12(10-20-17(21-14)25-3)15(9-18)22-24-16(23)11-6-4-5-7-13(11)19/h4-7,10H,8-9H2,1-3H3/b22-15+. The maximum Gasteiger partial charge on any atom is 0.367 e. The van der Waals surface area contributed by atoms with Gasteiger partial charge in [0.25, 0.3) is 0 Å². The lowest BCUT2D eigenvalue weighted by Gasteiger charge is -2.30. The third-order valence-corrected chi connectivity index (χ3v) is 4.86. The lowest BCUT2D eigenvalue weighted by Crippen LogP contribution is -2.29. The minimum absolute atomic E-state index is 0.0212. The highest BCUT2D eigenvalue weighted by atomic mass is 35.5. The highest BCUT2D eigenvalue weighted by Gasteiger charge is 2.32. The Morgan fingerprint density at radius 2 is 2.08 bits per heavy atom. The number of rotatable bonds is 3. The van der Waals surface area contributed by atoms with Crippen molar-refractivity contribution >= 4 is 35.0 Å². The Hall–Kier alpha value is -1.92. The molecule has 3 rings (SSSR count). The fourth-order valence-corrected chi connectivity index (χ4v) is 3.36. The van der Waals surface area contributed by atoms with Crippen molar-refractivity contribution in [2.24, 2.45) is 10.6 Å². The molecule has 1 aromatic heterocycles. The maximum atomic E-state index is 12.2. The van der Waals surface area contributed by atoms with Gasteiger partial charge in [0.2, 0.25) is 0 Å². The van der Waals surface area contributed by atoms with Crippen LogP contribution < -0.4 is 0 Å². The van der Waals surface area contributed by atoms with Crippen LogP contribution in [0, 0.1) is 5.41 Å². The predicted molar refractivity (Wildman–Crippen MR) is 99.3 cm³/mol. The molecule has 7 heteroatoms. The van der Waals surface area contributed by atoms with Gasteiger partial charge >= 0.3 is 5.97 Å². The molecule has 0 saturated carbocycles. The van der Waals surface area contributed by atoms with Gasteiger partial charge in [0, 0.05) is 11.8 Å². The Bertz CT molecular complexity index is 852. The number of fused-ring (bicyclic) bond motifs is 1. The molecule has 0 fully saturated rings. The summed E-state index contributed by atoms with van der Waals surface area (Å²) in [5.74, 6) is -0.579. The van der Waals surface area contributed by atoms with Crippen LogP contribution in [0.15, 0.2) is 40.8 Å². The summed E-state index contributed by atoms with van der Waals surface area (Å²) < 4.78 is 0. The number of halogens is 1. The lowest BCUT2D eigenvalue weighted by atomic mass is 9.76. The summed E-state index contributed by atoms with van der Waals surface area (Å²) in [5.41, 5.74) is 2.72. The minimum atomic E-state index is -0.579.